The Labute approximate surface area is 118 Å². The third-order valence-electron chi connectivity index (χ3n) is 3.49. The molecule has 0 radical (unpaired) electrons. The Morgan fingerprint density at radius 2 is 2.00 bits per heavy atom. The molecule has 1 aromatic carbocycles. The largest absolute Gasteiger partial charge is 0.308 e. The van der Waals surface area contributed by atoms with E-state index in [1.807, 2.05) is 13.8 Å². The van der Waals surface area contributed by atoms with E-state index in [-0.39, 0.29) is 29.2 Å². The van der Waals surface area contributed by atoms with Crippen molar-refractivity contribution in [2.45, 2.75) is 45.7 Å². The summed E-state index contributed by atoms with van der Waals surface area (Å²) in [5, 5.41) is 3.17. The Morgan fingerprint density at radius 3 is 2.65 bits per heavy atom. The molecule has 1 amide bonds. The van der Waals surface area contributed by atoms with E-state index in [1.54, 1.807) is 0 Å². The summed E-state index contributed by atoms with van der Waals surface area (Å²) in [4.78, 5) is 13.7. The molecule has 1 atom stereocenters. The van der Waals surface area contributed by atoms with Crippen molar-refractivity contribution in [3.63, 3.8) is 0 Å². The van der Waals surface area contributed by atoms with Crippen LogP contribution < -0.4 is 10.2 Å². The summed E-state index contributed by atoms with van der Waals surface area (Å²) in [6, 6.07) is 2.09. The topological polar surface area (TPSA) is 32.3 Å². The Balaban J connectivity index is 2.28. The average molecular weight is 282 g/mol. The van der Waals surface area contributed by atoms with Crippen LogP contribution in [0.5, 0.6) is 0 Å². The Bertz CT molecular complexity index is 517. The predicted molar refractivity (Wildman–Crippen MR) is 74.7 cm³/mol. The number of rotatable bonds is 3. The molecule has 1 aliphatic rings. The maximum absolute atomic E-state index is 14.0. The van der Waals surface area contributed by atoms with Gasteiger partial charge in [0.05, 0.1) is 11.7 Å². The smallest absolute Gasteiger partial charge is 0.244 e. The molecule has 0 aliphatic carbocycles. The maximum Gasteiger partial charge on any atom is 0.244 e. The van der Waals surface area contributed by atoms with Crippen molar-refractivity contribution >= 4 is 11.6 Å². The summed E-state index contributed by atoms with van der Waals surface area (Å²) in [5.41, 5.74) is 0.279. The minimum absolute atomic E-state index is 0.0355. The van der Waals surface area contributed by atoms with E-state index in [0.29, 0.717) is 6.54 Å². The first-order valence-corrected chi connectivity index (χ1v) is 6.93. The number of nitrogens with one attached hydrogen (secondary N) is 1. The molecule has 0 spiro atoms. The summed E-state index contributed by atoms with van der Waals surface area (Å²) in [6.07, 6.45) is 1.49. The van der Waals surface area contributed by atoms with E-state index in [1.165, 1.54) is 11.8 Å². The van der Waals surface area contributed by atoms with Gasteiger partial charge in [0.15, 0.2) is 0 Å². The van der Waals surface area contributed by atoms with Crippen LogP contribution in [0.4, 0.5) is 14.5 Å². The van der Waals surface area contributed by atoms with Crippen LogP contribution >= 0.6 is 0 Å². The van der Waals surface area contributed by atoms with Gasteiger partial charge in [0.1, 0.15) is 11.6 Å². The van der Waals surface area contributed by atoms with Gasteiger partial charge in [-0.05, 0) is 31.4 Å². The SMILES string of the molecule is Cc1cc(F)c(N2CCCC(NC(C)C)C2=O)cc1F. The lowest BCUT2D eigenvalue weighted by Crippen LogP contribution is -2.52. The van der Waals surface area contributed by atoms with Gasteiger partial charge in [0.2, 0.25) is 5.91 Å². The molecule has 5 heteroatoms. The van der Waals surface area contributed by atoms with Crippen LogP contribution in [0.1, 0.15) is 32.3 Å². The highest BCUT2D eigenvalue weighted by Gasteiger charge is 2.31. The van der Waals surface area contributed by atoms with Gasteiger partial charge in [-0.25, -0.2) is 8.78 Å². The van der Waals surface area contributed by atoms with Crippen LogP contribution in [-0.2, 0) is 4.79 Å². The van der Waals surface area contributed by atoms with Gasteiger partial charge in [-0.1, -0.05) is 13.8 Å². The lowest BCUT2D eigenvalue weighted by Gasteiger charge is -2.34. The molecule has 1 unspecified atom stereocenters. The summed E-state index contributed by atoms with van der Waals surface area (Å²) < 4.78 is 27.6. The minimum atomic E-state index is -0.553. The molecule has 3 nitrogen and oxygen atoms in total. The fourth-order valence-corrected chi connectivity index (χ4v) is 2.51. The van der Waals surface area contributed by atoms with E-state index in [0.717, 1.165) is 25.0 Å². The average Bonchev–Trinajstić information content (AvgIpc) is 2.36. The maximum atomic E-state index is 14.0. The summed E-state index contributed by atoms with van der Waals surface area (Å²) in [6.45, 7) is 5.84. The molecule has 0 aromatic heterocycles. The number of nitrogens with zero attached hydrogens (tertiary/aromatic N) is 1. The van der Waals surface area contributed by atoms with E-state index in [4.69, 9.17) is 0 Å². The zero-order chi connectivity index (χ0) is 14.9. The molecule has 0 bridgehead atoms. The van der Waals surface area contributed by atoms with Crippen molar-refractivity contribution in [3.8, 4) is 0 Å². The second kappa shape index (κ2) is 5.87. The van der Waals surface area contributed by atoms with Crippen molar-refractivity contribution in [2.24, 2.45) is 0 Å². The van der Waals surface area contributed by atoms with Crippen LogP contribution in [0, 0.1) is 18.6 Å². The van der Waals surface area contributed by atoms with Gasteiger partial charge >= 0.3 is 0 Å². The van der Waals surface area contributed by atoms with Crippen LogP contribution in [-0.4, -0.2) is 24.5 Å². The van der Waals surface area contributed by atoms with Gasteiger partial charge in [-0.15, -0.1) is 0 Å². The molecule has 2 rings (SSSR count). The molecule has 1 aliphatic heterocycles. The van der Waals surface area contributed by atoms with Crippen LogP contribution in [0.2, 0.25) is 0 Å². The van der Waals surface area contributed by atoms with E-state index in [2.05, 4.69) is 5.32 Å². The number of aryl methyl sites for hydroxylation is 1. The van der Waals surface area contributed by atoms with Gasteiger partial charge in [0.25, 0.3) is 0 Å². The van der Waals surface area contributed by atoms with E-state index >= 15 is 0 Å². The van der Waals surface area contributed by atoms with Gasteiger partial charge in [0, 0.05) is 18.7 Å². The van der Waals surface area contributed by atoms with Gasteiger partial charge in [-0.3, -0.25) is 4.79 Å². The Kier molecular flexibility index (Phi) is 4.38. The summed E-state index contributed by atoms with van der Waals surface area (Å²) >= 11 is 0. The number of amides is 1. The number of benzene rings is 1. The number of hydrogen-bond donors (Lipinski definition) is 1. The second-order valence-electron chi connectivity index (χ2n) is 5.56. The normalized spacial score (nSPS) is 19.8. The lowest BCUT2D eigenvalue weighted by molar-refractivity contribution is -0.122. The van der Waals surface area contributed by atoms with E-state index in [9.17, 15) is 13.6 Å². The lowest BCUT2D eigenvalue weighted by atomic mass is 10.0. The quantitative estimate of drug-likeness (QED) is 0.924. The highest BCUT2D eigenvalue weighted by molar-refractivity contribution is 5.98. The highest BCUT2D eigenvalue weighted by atomic mass is 19.1. The first-order chi connectivity index (χ1) is 9.40. The van der Waals surface area contributed by atoms with Crippen molar-refractivity contribution in [1.82, 2.24) is 5.32 Å². The van der Waals surface area contributed by atoms with Crippen molar-refractivity contribution < 1.29 is 13.6 Å². The molecule has 1 saturated heterocycles. The third kappa shape index (κ3) is 2.98. The molecule has 1 aromatic rings. The fourth-order valence-electron chi connectivity index (χ4n) is 2.51. The third-order valence-corrected chi connectivity index (χ3v) is 3.49. The van der Waals surface area contributed by atoms with E-state index < -0.39 is 11.6 Å². The number of carbonyl (C=O) groups is 1. The summed E-state index contributed by atoms with van der Waals surface area (Å²) in [5.74, 6) is -1.23. The second-order valence-corrected chi connectivity index (χ2v) is 5.56. The van der Waals surface area contributed by atoms with Gasteiger partial charge < -0.3 is 10.2 Å². The molecule has 110 valence electrons. The Hall–Kier alpha value is -1.49. The van der Waals surface area contributed by atoms with Crippen LogP contribution in [0.25, 0.3) is 0 Å². The minimum Gasteiger partial charge on any atom is -0.308 e. The number of anilines is 1. The molecular formula is C15H20F2N2O. The zero-order valence-corrected chi connectivity index (χ0v) is 12.0. The number of hydrogen-bond acceptors (Lipinski definition) is 2. The first kappa shape index (κ1) is 14.9. The monoisotopic (exact) mass is 282 g/mol. The molecular weight excluding hydrogens is 262 g/mol. The fraction of sp³-hybridized carbons (Fsp3) is 0.533. The molecule has 1 N–H and O–H groups in total. The molecule has 1 fully saturated rings. The number of halogens is 2. The van der Waals surface area contributed by atoms with Crippen LogP contribution in [0.3, 0.4) is 0 Å². The molecule has 0 saturated carbocycles. The highest BCUT2D eigenvalue weighted by Crippen LogP contribution is 2.26. The van der Waals surface area contributed by atoms with Crippen molar-refractivity contribution in [2.75, 3.05) is 11.4 Å². The zero-order valence-electron chi connectivity index (χ0n) is 12.0. The number of carbonyl (C=O) groups excluding carboxylic acids is 1. The standard InChI is InChI=1S/C15H20F2N2O/c1-9(2)18-13-5-4-6-19(15(13)20)14-8-11(16)10(3)7-12(14)17/h7-9,13,18H,4-6H2,1-3H3. The van der Waals surface area contributed by atoms with Crippen molar-refractivity contribution in [1.29, 1.82) is 0 Å². The molecule has 20 heavy (non-hydrogen) atoms. The Morgan fingerprint density at radius 1 is 1.30 bits per heavy atom. The van der Waals surface area contributed by atoms with Crippen molar-refractivity contribution in [3.05, 3.63) is 29.3 Å². The van der Waals surface area contributed by atoms with Gasteiger partial charge in [-0.2, -0.15) is 0 Å². The predicted octanol–water partition coefficient (Wildman–Crippen LogP) is 2.77. The summed E-state index contributed by atoms with van der Waals surface area (Å²) in [7, 11) is 0. The molecule has 1 heterocycles. The first-order valence-electron chi connectivity index (χ1n) is 6.93. The van der Waals surface area contributed by atoms with Crippen LogP contribution in [0.15, 0.2) is 12.1 Å². The number of piperidine rings is 1.